The normalized spacial score (nSPS) is 10.8. The number of nitrogens with zero attached hydrogens (tertiary/aromatic N) is 2. The van der Waals surface area contributed by atoms with Crippen LogP contribution in [0.1, 0.15) is 5.56 Å². The molecule has 0 saturated heterocycles. The van der Waals surface area contributed by atoms with Gasteiger partial charge in [0.25, 0.3) is 0 Å². The van der Waals surface area contributed by atoms with E-state index in [0.29, 0.717) is 18.2 Å². The summed E-state index contributed by atoms with van der Waals surface area (Å²) in [5, 5.41) is 7.12. The van der Waals surface area contributed by atoms with Crippen molar-refractivity contribution in [1.82, 2.24) is 15.2 Å². The number of halogens is 2. The van der Waals surface area contributed by atoms with Gasteiger partial charge in [0, 0.05) is 12.1 Å². The van der Waals surface area contributed by atoms with Crippen LogP contribution in [0.15, 0.2) is 42.5 Å². The molecule has 0 aliphatic rings. The van der Waals surface area contributed by atoms with Gasteiger partial charge in [0.15, 0.2) is 11.6 Å². The second-order valence-corrected chi connectivity index (χ2v) is 4.91. The Morgan fingerprint density at radius 3 is 2.57 bits per heavy atom. The molecule has 3 rings (SSSR count). The summed E-state index contributed by atoms with van der Waals surface area (Å²) in [6.45, 7) is 0.477. The van der Waals surface area contributed by atoms with Crippen LogP contribution in [0, 0.1) is 5.82 Å². The third-order valence-electron chi connectivity index (χ3n) is 3.13. The fourth-order valence-corrected chi connectivity index (χ4v) is 2.27. The molecule has 0 bridgehead atoms. The van der Waals surface area contributed by atoms with E-state index in [1.807, 2.05) is 24.3 Å². The van der Waals surface area contributed by atoms with Crippen LogP contribution in [0.4, 0.5) is 4.39 Å². The summed E-state index contributed by atoms with van der Waals surface area (Å²) in [5.74, 6) is 0.340. The van der Waals surface area contributed by atoms with Crippen molar-refractivity contribution in [3.05, 3.63) is 58.9 Å². The number of benzene rings is 2. The lowest BCUT2D eigenvalue weighted by atomic mass is 10.1. The minimum Gasteiger partial charge on any atom is -0.326 e. The molecule has 0 radical (unpaired) electrons. The molecule has 6 heteroatoms. The fraction of sp³-hybridized carbons (Fsp3) is 0.0667. The number of nitrogens with two attached hydrogens (primary N) is 1. The van der Waals surface area contributed by atoms with E-state index in [2.05, 4.69) is 15.2 Å². The number of aromatic nitrogens is 3. The summed E-state index contributed by atoms with van der Waals surface area (Å²) in [4.78, 5) is 4.31. The van der Waals surface area contributed by atoms with Gasteiger partial charge in [-0.15, -0.1) is 0 Å². The van der Waals surface area contributed by atoms with Crippen molar-refractivity contribution in [3.8, 4) is 22.8 Å². The number of hydrogen-bond donors (Lipinski definition) is 2. The Balaban J connectivity index is 1.99. The molecule has 0 saturated carbocycles. The number of hydrogen-bond acceptors (Lipinski definition) is 3. The van der Waals surface area contributed by atoms with Crippen molar-refractivity contribution < 1.29 is 4.39 Å². The van der Waals surface area contributed by atoms with Crippen LogP contribution in [0.5, 0.6) is 0 Å². The van der Waals surface area contributed by atoms with Crippen molar-refractivity contribution in [2.75, 3.05) is 0 Å². The van der Waals surface area contributed by atoms with E-state index in [9.17, 15) is 4.39 Å². The van der Waals surface area contributed by atoms with E-state index in [1.165, 1.54) is 6.07 Å². The van der Waals surface area contributed by atoms with Gasteiger partial charge in [0.05, 0.1) is 10.6 Å². The predicted molar refractivity (Wildman–Crippen MR) is 80.1 cm³/mol. The molecule has 0 aliphatic carbocycles. The van der Waals surface area contributed by atoms with Crippen LogP contribution >= 0.6 is 11.6 Å². The molecular weight excluding hydrogens is 291 g/mol. The molecule has 3 N–H and O–H groups in total. The van der Waals surface area contributed by atoms with Crippen molar-refractivity contribution in [3.63, 3.8) is 0 Å². The van der Waals surface area contributed by atoms with E-state index in [-0.39, 0.29) is 10.6 Å². The SMILES string of the molecule is NCc1ccc(-c2n[nH]c(-c3c(F)cccc3Cl)n2)cc1. The Morgan fingerprint density at radius 1 is 1.14 bits per heavy atom. The highest BCUT2D eigenvalue weighted by Gasteiger charge is 2.14. The average Bonchev–Trinajstić information content (AvgIpc) is 2.97. The van der Waals surface area contributed by atoms with E-state index >= 15 is 0 Å². The third-order valence-corrected chi connectivity index (χ3v) is 3.45. The summed E-state index contributed by atoms with van der Waals surface area (Å²) in [6, 6.07) is 12.0. The van der Waals surface area contributed by atoms with Crippen molar-refractivity contribution in [1.29, 1.82) is 0 Å². The molecule has 1 aromatic heterocycles. The second kappa shape index (κ2) is 5.63. The van der Waals surface area contributed by atoms with Gasteiger partial charge in [0.2, 0.25) is 0 Å². The Morgan fingerprint density at radius 2 is 1.90 bits per heavy atom. The molecule has 21 heavy (non-hydrogen) atoms. The Bertz CT molecular complexity index is 747. The monoisotopic (exact) mass is 302 g/mol. The van der Waals surface area contributed by atoms with Crippen LogP contribution in [-0.4, -0.2) is 15.2 Å². The molecule has 0 aliphatic heterocycles. The van der Waals surface area contributed by atoms with Gasteiger partial charge in [-0.05, 0) is 17.7 Å². The van der Waals surface area contributed by atoms with Crippen molar-refractivity contribution >= 4 is 11.6 Å². The number of H-pyrrole nitrogens is 1. The first-order valence-corrected chi connectivity index (χ1v) is 6.73. The quantitative estimate of drug-likeness (QED) is 0.779. The summed E-state index contributed by atoms with van der Waals surface area (Å²) in [7, 11) is 0. The zero-order valence-corrected chi connectivity index (χ0v) is 11.7. The van der Waals surface area contributed by atoms with Crippen molar-refractivity contribution in [2.24, 2.45) is 5.73 Å². The topological polar surface area (TPSA) is 67.6 Å². The molecule has 0 fully saturated rings. The van der Waals surface area contributed by atoms with Gasteiger partial charge in [-0.2, -0.15) is 5.10 Å². The first kappa shape index (κ1) is 13.7. The van der Waals surface area contributed by atoms with Gasteiger partial charge in [-0.3, -0.25) is 5.10 Å². The van der Waals surface area contributed by atoms with Crippen LogP contribution in [0.3, 0.4) is 0 Å². The van der Waals surface area contributed by atoms with Gasteiger partial charge >= 0.3 is 0 Å². The van der Waals surface area contributed by atoms with Gasteiger partial charge in [-0.1, -0.05) is 41.9 Å². The van der Waals surface area contributed by atoms with Crippen LogP contribution in [-0.2, 0) is 6.54 Å². The standard InChI is InChI=1S/C15H12ClFN4/c16-11-2-1-3-12(17)13(11)15-19-14(20-21-15)10-6-4-9(8-18)5-7-10/h1-7H,8,18H2,(H,19,20,21). The van der Waals surface area contributed by atoms with E-state index < -0.39 is 5.82 Å². The fourth-order valence-electron chi connectivity index (χ4n) is 2.02. The molecule has 4 nitrogen and oxygen atoms in total. The Labute approximate surface area is 125 Å². The van der Waals surface area contributed by atoms with Crippen LogP contribution in [0.25, 0.3) is 22.8 Å². The average molecular weight is 303 g/mol. The molecular formula is C15H12ClFN4. The first-order valence-electron chi connectivity index (χ1n) is 6.35. The lowest BCUT2D eigenvalue weighted by Crippen LogP contribution is -1.95. The minimum absolute atomic E-state index is 0.219. The lowest BCUT2D eigenvalue weighted by Gasteiger charge is -2.01. The highest BCUT2D eigenvalue weighted by molar-refractivity contribution is 6.33. The molecule has 0 unspecified atom stereocenters. The maximum atomic E-state index is 13.9. The number of aromatic amines is 1. The maximum absolute atomic E-state index is 13.9. The summed E-state index contributed by atoms with van der Waals surface area (Å²) >= 11 is 6.02. The van der Waals surface area contributed by atoms with Crippen LogP contribution < -0.4 is 5.73 Å². The second-order valence-electron chi connectivity index (χ2n) is 4.51. The van der Waals surface area contributed by atoms with Crippen LogP contribution in [0.2, 0.25) is 5.02 Å². The molecule has 106 valence electrons. The molecule has 2 aromatic carbocycles. The van der Waals surface area contributed by atoms with E-state index in [0.717, 1.165) is 11.1 Å². The first-order chi connectivity index (χ1) is 10.2. The Hall–Kier alpha value is -2.24. The van der Waals surface area contributed by atoms with Crippen molar-refractivity contribution in [2.45, 2.75) is 6.54 Å². The highest BCUT2D eigenvalue weighted by Crippen LogP contribution is 2.29. The molecule has 1 heterocycles. The molecule has 0 amide bonds. The minimum atomic E-state index is -0.441. The summed E-state index contributed by atoms with van der Waals surface area (Å²) in [5.41, 5.74) is 7.62. The zero-order chi connectivity index (χ0) is 14.8. The largest absolute Gasteiger partial charge is 0.326 e. The zero-order valence-electron chi connectivity index (χ0n) is 11.0. The van der Waals surface area contributed by atoms with Gasteiger partial charge in [-0.25, -0.2) is 9.37 Å². The maximum Gasteiger partial charge on any atom is 0.181 e. The molecule has 3 aromatic rings. The molecule has 0 atom stereocenters. The number of nitrogens with one attached hydrogen (secondary N) is 1. The van der Waals surface area contributed by atoms with E-state index in [1.54, 1.807) is 12.1 Å². The third kappa shape index (κ3) is 2.66. The summed E-state index contributed by atoms with van der Waals surface area (Å²) in [6.07, 6.45) is 0. The highest BCUT2D eigenvalue weighted by atomic mass is 35.5. The van der Waals surface area contributed by atoms with Gasteiger partial charge < -0.3 is 5.73 Å². The molecule has 0 spiro atoms. The van der Waals surface area contributed by atoms with E-state index in [4.69, 9.17) is 17.3 Å². The predicted octanol–water partition coefficient (Wildman–Crippen LogP) is 3.39. The summed E-state index contributed by atoms with van der Waals surface area (Å²) < 4.78 is 13.9. The smallest absolute Gasteiger partial charge is 0.181 e. The lowest BCUT2D eigenvalue weighted by molar-refractivity contribution is 0.630. The number of rotatable bonds is 3. The Kier molecular flexibility index (Phi) is 3.68. The van der Waals surface area contributed by atoms with Gasteiger partial charge in [0.1, 0.15) is 5.82 Å².